The number of thiol groups is 1. The number of nitrogens with zero attached hydrogens (tertiary/aromatic N) is 1. The van der Waals surface area contributed by atoms with Crippen molar-refractivity contribution >= 4 is 12.6 Å². The third kappa shape index (κ3) is 2.58. The summed E-state index contributed by atoms with van der Waals surface area (Å²) in [5.41, 5.74) is 0. The molecule has 0 aliphatic carbocycles. The van der Waals surface area contributed by atoms with Crippen molar-refractivity contribution in [2.45, 2.75) is 13.0 Å². The number of quaternary nitrogens is 1. The van der Waals surface area contributed by atoms with E-state index in [1.807, 2.05) is 0 Å². The van der Waals surface area contributed by atoms with Crippen LogP contribution in [-0.4, -0.2) is 37.4 Å². The smallest absolute Gasteiger partial charge is 0.0944 e. The first-order valence-corrected chi connectivity index (χ1v) is 3.53. The van der Waals surface area contributed by atoms with Gasteiger partial charge in [0.2, 0.25) is 0 Å². The van der Waals surface area contributed by atoms with E-state index < -0.39 is 0 Å². The Morgan fingerprint density at radius 2 is 1.75 bits per heavy atom. The van der Waals surface area contributed by atoms with Gasteiger partial charge in [-0.25, -0.2) is 0 Å². The maximum Gasteiger partial charge on any atom is 0.0944 e. The molecule has 0 amide bonds. The van der Waals surface area contributed by atoms with Crippen molar-refractivity contribution in [3.05, 3.63) is 0 Å². The van der Waals surface area contributed by atoms with Crippen molar-refractivity contribution in [3.8, 4) is 0 Å². The Hall–Kier alpha value is 0.310. The van der Waals surface area contributed by atoms with Crippen molar-refractivity contribution in [1.29, 1.82) is 0 Å². The van der Waals surface area contributed by atoms with Crippen molar-refractivity contribution in [1.82, 2.24) is 0 Å². The lowest BCUT2D eigenvalue weighted by molar-refractivity contribution is -0.891. The van der Waals surface area contributed by atoms with Gasteiger partial charge >= 0.3 is 0 Å². The Morgan fingerprint density at radius 1 is 1.38 bits per heavy atom. The molecule has 0 saturated heterocycles. The molecule has 0 N–H and O–H groups in total. The summed E-state index contributed by atoms with van der Waals surface area (Å²) in [5.74, 6) is 0.962. The lowest BCUT2D eigenvalue weighted by Crippen LogP contribution is -2.44. The average Bonchev–Trinajstić information content (AvgIpc) is 1.62. The second-order valence-corrected chi connectivity index (χ2v) is 3.51. The fourth-order valence-electron chi connectivity index (χ4n) is 0.245. The van der Waals surface area contributed by atoms with Gasteiger partial charge in [0, 0.05) is 5.75 Å². The Bertz CT molecular complexity index is 65.4. The van der Waals surface area contributed by atoms with Gasteiger partial charge in [-0.3, -0.25) is 0 Å². The van der Waals surface area contributed by atoms with E-state index in [1.54, 1.807) is 0 Å². The molecule has 0 saturated carbocycles. The van der Waals surface area contributed by atoms with Gasteiger partial charge in [-0.2, -0.15) is 12.6 Å². The van der Waals surface area contributed by atoms with Gasteiger partial charge in [-0.05, 0) is 6.92 Å². The van der Waals surface area contributed by atoms with E-state index in [0.29, 0.717) is 6.04 Å². The van der Waals surface area contributed by atoms with Crippen molar-refractivity contribution < 1.29 is 4.48 Å². The Kier molecular flexibility index (Phi) is 2.84. The van der Waals surface area contributed by atoms with Gasteiger partial charge in [0.15, 0.2) is 0 Å². The highest BCUT2D eigenvalue weighted by molar-refractivity contribution is 7.80. The fourth-order valence-corrected chi connectivity index (χ4v) is 0.735. The molecular weight excluding hydrogens is 118 g/mol. The summed E-state index contributed by atoms with van der Waals surface area (Å²) in [6.45, 7) is 2.20. The van der Waals surface area contributed by atoms with Gasteiger partial charge in [0.1, 0.15) is 0 Å². The zero-order valence-corrected chi connectivity index (χ0v) is 7.07. The number of hydrogen-bond donors (Lipinski definition) is 1. The first kappa shape index (κ1) is 8.31. The average molecular weight is 134 g/mol. The molecule has 0 spiro atoms. The van der Waals surface area contributed by atoms with E-state index in [2.05, 4.69) is 40.7 Å². The number of rotatable bonds is 2. The summed E-state index contributed by atoms with van der Waals surface area (Å²) in [7, 11) is 6.54. The predicted molar refractivity (Wildman–Crippen MR) is 41.3 cm³/mol. The summed E-state index contributed by atoms with van der Waals surface area (Å²) in [4.78, 5) is 0. The molecule has 0 bridgehead atoms. The molecule has 0 aromatic carbocycles. The van der Waals surface area contributed by atoms with Crippen LogP contribution in [0.25, 0.3) is 0 Å². The molecule has 1 unspecified atom stereocenters. The summed E-state index contributed by atoms with van der Waals surface area (Å²) in [5, 5.41) is 0. The summed E-state index contributed by atoms with van der Waals surface area (Å²) >= 11 is 4.19. The molecule has 0 aromatic rings. The summed E-state index contributed by atoms with van der Waals surface area (Å²) in [6, 6.07) is 0.651. The largest absolute Gasteiger partial charge is 0.328 e. The molecule has 0 heterocycles. The molecule has 50 valence electrons. The van der Waals surface area contributed by atoms with Crippen LogP contribution in [0.2, 0.25) is 0 Å². The standard InChI is InChI=1S/C6H15NS/c1-6(5-8)7(2,3)4/h6H,5H2,1-4H3/p+1. The monoisotopic (exact) mass is 134 g/mol. The predicted octanol–water partition coefficient (Wildman–Crippen LogP) is 1.01. The van der Waals surface area contributed by atoms with Gasteiger partial charge in [-0.15, -0.1) is 0 Å². The second-order valence-electron chi connectivity index (χ2n) is 3.15. The summed E-state index contributed by atoms with van der Waals surface area (Å²) < 4.78 is 1.00. The zero-order chi connectivity index (χ0) is 6.78. The van der Waals surface area contributed by atoms with Crippen LogP contribution in [0.15, 0.2) is 0 Å². The van der Waals surface area contributed by atoms with Crippen LogP contribution >= 0.6 is 12.6 Å². The van der Waals surface area contributed by atoms with E-state index in [-0.39, 0.29) is 0 Å². The molecular formula is C6H16NS+. The summed E-state index contributed by atoms with van der Waals surface area (Å²) in [6.07, 6.45) is 0. The molecule has 0 radical (unpaired) electrons. The minimum absolute atomic E-state index is 0.651. The zero-order valence-electron chi connectivity index (χ0n) is 6.18. The molecule has 2 heteroatoms. The SMILES string of the molecule is CC(CS)[N+](C)(C)C. The van der Waals surface area contributed by atoms with E-state index >= 15 is 0 Å². The van der Waals surface area contributed by atoms with Gasteiger partial charge in [-0.1, -0.05) is 0 Å². The lowest BCUT2D eigenvalue weighted by Gasteiger charge is -2.30. The van der Waals surface area contributed by atoms with Crippen LogP contribution in [0.5, 0.6) is 0 Å². The number of hydrogen-bond acceptors (Lipinski definition) is 1. The molecule has 1 nitrogen and oxygen atoms in total. The third-order valence-electron chi connectivity index (χ3n) is 1.59. The highest BCUT2D eigenvalue weighted by Gasteiger charge is 2.14. The van der Waals surface area contributed by atoms with E-state index in [9.17, 15) is 0 Å². The Balaban J connectivity index is 3.62. The van der Waals surface area contributed by atoms with Crippen molar-refractivity contribution in [2.24, 2.45) is 0 Å². The van der Waals surface area contributed by atoms with Gasteiger partial charge in [0.05, 0.1) is 27.2 Å². The maximum atomic E-state index is 4.19. The van der Waals surface area contributed by atoms with Gasteiger partial charge in [0.25, 0.3) is 0 Å². The minimum atomic E-state index is 0.651. The minimum Gasteiger partial charge on any atom is -0.328 e. The van der Waals surface area contributed by atoms with Crippen molar-refractivity contribution in [2.75, 3.05) is 26.9 Å². The third-order valence-corrected chi connectivity index (χ3v) is 2.11. The van der Waals surface area contributed by atoms with E-state index in [4.69, 9.17) is 0 Å². The molecule has 1 atom stereocenters. The first-order chi connectivity index (χ1) is 3.48. The Labute approximate surface area is 57.7 Å². The highest BCUT2D eigenvalue weighted by atomic mass is 32.1. The lowest BCUT2D eigenvalue weighted by atomic mass is 10.3. The molecule has 0 aliphatic rings. The van der Waals surface area contributed by atoms with Crippen molar-refractivity contribution in [3.63, 3.8) is 0 Å². The molecule has 0 rings (SSSR count). The molecule has 0 aliphatic heterocycles. The normalized spacial score (nSPS) is 16.1. The van der Waals surface area contributed by atoms with Crippen LogP contribution in [0.4, 0.5) is 0 Å². The highest BCUT2D eigenvalue weighted by Crippen LogP contribution is 2.01. The van der Waals surface area contributed by atoms with Crippen LogP contribution in [0.1, 0.15) is 6.92 Å². The van der Waals surface area contributed by atoms with Gasteiger partial charge < -0.3 is 4.48 Å². The fraction of sp³-hybridized carbons (Fsp3) is 1.00. The van der Waals surface area contributed by atoms with E-state index in [0.717, 1.165) is 10.2 Å². The Morgan fingerprint density at radius 3 is 1.75 bits per heavy atom. The second kappa shape index (κ2) is 2.74. The maximum absolute atomic E-state index is 4.19. The van der Waals surface area contributed by atoms with Crippen LogP contribution in [-0.2, 0) is 0 Å². The quantitative estimate of drug-likeness (QED) is 0.423. The van der Waals surface area contributed by atoms with Crippen LogP contribution in [0, 0.1) is 0 Å². The molecule has 0 aromatic heterocycles. The van der Waals surface area contributed by atoms with Crippen LogP contribution < -0.4 is 0 Å². The molecule has 8 heavy (non-hydrogen) atoms. The molecule has 0 fully saturated rings. The van der Waals surface area contributed by atoms with E-state index in [1.165, 1.54) is 0 Å². The van der Waals surface area contributed by atoms with Crippen LogP contribution in [0.3, 0.4) is 0 Å². The first-order valence-electron chi connectivity index (χ1n) is 2.90. The topological polar surface area (TPSA) is 0 Å².